The van der Waals surface area contributed by atoms with E-state index < -0.39 is 0 Å². The van der Waals surface area contributed by atoms with E-state index in [9.17, 15) is 0 Å². The molecule has 1 aliphatic heterocycles. The molecule has 0 bridgehead atoms. The summed E-state index contributed by atoms with van der Waals surface area (Å²) < 4.78 is 5.94. The maximum atomic E-state index is 5.94. The summed E-state index contributed by atoms with van der Waals surface area (Å²) in [6.45, 7) is 4.60. The monoisotopic (exact) mass is 168 g/mol. The van der Waals surface area contributed by atoms with Crippen LogP contribution >= 0.6 is 0 Å². The lowest BCUT2D eigenvalue weighted by molar-refractivity contribution is -0.0977. The van der Waals surface area contributed by atoms with Crippen molar-refractivity contribution < 1.29 is 4.74 Å². The minimum absolute atomic E-state index is 0.527. The van der Waals surface area contributed by atoms with Gasteiger partial charge in [-0.3, -0.25) is 0 Å². The Morgan fingerprint density at radius 3 is 2.67 bits per heavy atom. The molecular formula is C11H20O. The van der Waals surface area contributed by atoms with E-state index in [0.29, 0.717) is 12.2 Å². The summed E-state index contributed by atoms with van der Waals surface area (Å²) in [7, 11) is 0. The maximum absolute atomic E-state index is 5.94. The van der Waals surface area contributed by atoms with Crippen molar-refractivity contribution in [3.63, 3.8) is 0 Å². The minimum atomic E-state index is 0.527. The van der Waals surface area contributed by atoms with Crippen molar-refractivity contribution in [2.45, 2.75) is 58.2 Å². The molecule has 0 spiro atoms. The summed E-state index contributed by atoms with van der Waals surface area (Å²) in [5, 5.41) is 0. The number of fused-ring (bicyclic) bond motifs is 1. The minimum Gasteiger partial charge on any atom is -0.375 e. The van der Waals surface area contributed by atoms with E-state index in [0.717, 1.165) is 11.8 Å². The van der Waals surface area contributed by atoms with Gasteiger partial charge < -0.3 is 4.74 Å². The van der Waals surface area contributed by atoms with E-state index in [2.05, 4.69) is 13.8 Å². The molecule has 1 saturated carbocycles. The topological polar surface area (TPSA) is 9.23 Å². The number of rotatable bonds is 0. The van der Waals surface area contributed by atoms with Crippen LogP contribution in [0.5, 0.6) is 0 Å². The molecule has 0 radical (unpaired) electrons. The maximum Gasteiger partial charge on any atom is 0.0607 e. The molecular weight excluding hydrogens is 148 g/mol. The van der Waals surface area contributed by atoms with Crippen LogP contribution in [-0.4, -0.2) is 12.2 Å². The fraction of sp³-hybridized carbons (Fsp3) is 1.00. The largest absolute Gasteiger partial charge is 0.375 e. The van der Waals surface area contributed by atoms with Crippen LogP contribution in [0, 0.1) is 11.8 Å². The molecule has 70 valence electrons. The van der Waals surface area contributed by atoms with Crippen LogP contribution in [0.3, 0.4) is 0 Å². The zero-order valence-electron chi connectivity index (χ0n) is 8.25. The third kappa shape index (κ3) is 1.66. The van der Waals surface area contributed by atoms with Crippen LogP contribution in [0.4, 0.5) is 0 Å². The Morgan fingerprint density at radius 2 is 1.83 bits per heavy atom. The van der Waals surface area contributed by atoms with Crippen molar-refractivity contribution in [1.82, 2.24) is 0 Å². The lowest BCUT2D eigenvalue weighted by Gasteiger charge is -2.40. The number of hydrogen-bond donors (Lipinski definition) is 0. The molecule has 0 aromatic heterocycles. The van der Waals surface area contributed by atoms with Crippen LogP contribution in [-0.2, 0) is 4.74 Å². The average Bonchev–Trinajstić information content (AvgIpc) is 2.05. The molecule has 0 aromatic rings. The van der Waals surface area contributed by atoms with E-state index in [-0.39, 0.29) is 0 Å². The summed E-state index contributed by atoms with van der Waals surface area (Å²) in [6, 6.07) is 0. The summed E-state index contributed by atoms with van der Waals surface area (Å²) in [5.74, 6) is 1.84. The Balaban J connectivity index is 1.94. The van der Waals surface area contributed by atoms with Gasteiger partial charge in [0.1, 0.15) is 0 Å². The molecule has 2 fully saturated rings. The molecule has 1 heterocycles. The Morgan fingerprint density at radius 1 is 1.00 bits per heavy atom. The highest BCUT2D eigenvalue weighted by Gasteiger charge is 2.33. The van der Waals surface area contributed by atoms with Gasteiger partial charge in [0.15, 0.2) is 0 Å². The average molecular weight is 168 g/mol. The van der Waals surface area contributed by atoms with Crippen molar-refractivity contribution in [3.8, 4) is 0 Å². The van der Waals surface area contributed by atoms with Gasteiger partial charge in [0.2, 0.25) is 0 Å². The first-order valence-corrected chi connectivity index (χ1v) is 5.41. The highest BCUT2D eigenvalue weighted by atomic mass is 16.5. The van der Waals surface area contributed by atoms with Gasteiger partial charge in [-0.25, -0.2) is 0 Å². The molecule has 1 saturated heterocycles. The van der Waals surface area contributed by atoms with Gasteiger partial charge in [0.05, 0.1) is 12.2 Å². The van der Waals surface area contributed by atoms with E-state index in [1.807, 2.05) is 0 Å². The Kier molecular flexibility index (Phi) is 2.40. The predicted octanol–water partition coefficient (Wildman–Crippen LogP) is 2.99. The third-order valence-corrected chi connectivity index (χ3v) is 3.53. The normalized spacial score (nSPS) is 48.5. The molecule has 0 N–H and O–H groups in total. The SMILES string of the molecule is CC1CCC2OC(C)CCC2C1. The van der Waals surface area contributed by atoms with Crippen molar-refractivity contribution in [1.29, 1.82) is 0 Å². The van der Waals surface area contributed by atoms with E-state index >= 15 is 0 Å². The number of hydrogen-bond acceptors (Lipinski definition) is 1. The quantitative estimate of drug-likeness (QED) is 0.540. The molecule has 2 aliphatic rings. The molecule has 0 amide bonds. The fourth-order valence-electron chi connectivity index (χ4n) is 2.77. The lowest BCUT2D eigenvalue weighted by atomic mass is 9.76. The molecule has 12 heavy (non-hydrogen) atoms. The van der Waals surface area contributed by atoms with Gasteiger partial charge in [-0.2, -0.15) is 0 Å². The Hall–Kier alpha value is -0.0400. The standard InChI is InChI=1S/C11H20O/c1-8-3-6-11-10(7-8)5-4-9(2)12-11/h8-11H,3-7H2,1-2H3. The van der Waals surface area contributed by atoms with Crippen molar-refractivity contribution >= 4 is 0 Å². The van der Waals surface area contributed by atoms with Crippen LogP contribution < -0.4 is 0 Å². The first-order valence-electron chi connectivity index (χ1n) is 5.41. The highest BCUT2D eigenvalue weighted by molar-refractivity contribution is 4.83. The Bertz CT molecular complexity index is 137. The molecule has 1 aliphatic carbocycles. The third-order valence-electron chi connectivity index (χ3n) is 3.53. The predicted molar refractivity (Wildman–Crippen MR) is 50.1 cm³/mol. The molecule has 1 nitrogen and oxygen atoms in total. The molecule has 4 atom stereocenters. The second-order valence-corrected chi connectivity index (χ2v) is 4.74. The zero-order valence-corrected chi connectivity index (χ0v) is 8.25. The summed E-state index contributed by atoms with van der Waals surface area (Å²) in [6.07, 6.45) is 7.95. The van der Waals surface area contributed by atoms with Gasteiger partial charge >= 0.3 is 0 Å². The lowest BCUT2D eigenvalue weighted by Crippen LogP contribution is -2.37. The zero-order chi connectivity index (χ0) is 8.55. The van der Waals surface area contributed by atoms with Gasteiger partial charge in [0.25, 0.3) is 0 Å². The first-order chi connectivity index (χ1) is 5.75. The van der Waals surface area contributed by atoms with Gasteiger partial charge in [0, 0.05) is 0 Å². The molecule has 4 unspecified atom stereocenters. The first kappa shape index (κ1) is 8.55. The van der Waals surface area contributed by atoms with Crippen molar-refractivity contribution in [2.24, 2.45) is 11.8 Å². The highest BCUT2D eigenvalue weighted by Crippen LogP contribution is 2.37. The van der Waals surface area contributed by atoms with Crippen LogP contribution in [0.25, 0.3) is 0 Å². The summed E-state index contributed by atoms with van der Waals surface area (Å²) in [4.78, 5) is 0. The second kappa shape index (κ2) is 3.37. The fourth-order valence-corrected chi connectivity index (χ4v) is 2.77. The van der Waals surface area contributed by atoms with Crippen molar-refractivity contribution in [2.75, 3.05) is 0 Å². The van der Waals surface area contributed by atoms with Gasteiger partial charge in [-0.1, -0.05) is 6.92 Å². The van der Waals surface area contributed by atoms with E-state index in [1.54, 1.807) is 0 Å². The van der Waals surface area contributed by atoms with Crippen molar-refractivity contribution in [3.05, 3.63) is 0 Å². The summed E-state index contributed by atoms with van der Waals surface area (Å²) >= 11 is 0. The van der Waals surface area contributed by atoms with Gasteiger partial charge in [-0.05, 0) is 50.9 Å². The Labute approximate surface area is 75.5 Å². The number of ether oxygens (including phenoxy) is 1. The molecule has 2 rings (SSSR count). The second-order valence-electron chi connectivity index (χ2n) is 4.74. The molecule has 1 heteroatoms. The van der Waals surface area contributed by atoms with Crippen LogP contribution in [0.1, 0.15) is 46.0 Å². The van der Waals surface area contributed by atoms with Gasteiger partial charge in [-0.15, -0.1) is 0 Å². The molecule has 0 aromatic carbocycles. The van der Waals surface area contributed by atoms with Crippen LogP contribution in [0.15, 0.2) is 0 Å². The smallest absolute Gasteiger partial charge is 0.0607 e. The summed E-state index contributed by atoms with van der Waals surface area (Å²) in [5.41, 5.74) is 0. The van der Waals surface area contributed by atoms with E-state index in [4.69, 9.17) is 4.74 Å². The van der Waals surface area contributed by atoms with Crippen LogP contribution in [0.2, 0.25) is 0 Å². The van der Waals surface area contributed by atoms with E-state index in [1.165, 1.54) is 32.1 Å².